The molecular weight excluding hydrogens is 380 g/mol. The van der Waals surface area contributed by atoms with E-state index in [9.17, 15) is 0 Å². The largest absolute Gasteiger partial charge is 0.371 e. The van der Waals surface area contributed by atoms with Crippen molar-refractivity contribution in [3.8, 4) is 0 Å². The van der Waals surface area contributed by atoms with E-state index in [1.165, 1.54) is 12.8 Å². The van der Waals surface area contributed by atoms with Crippen LogP contribution < -0.4 is 4.90 Å². The molecule has 0 aliphatic carbocycles. The van der Waals surface area contributed by atoms with E-state index < -0.39 is 0 Å². The van der Waals surface area contributed by atoms with Gasteiger partial charge < -0.3 is 14.2 Å². The van der Waals surface area contributed by atoms with Gasteiger partial charge in [-0.1, -0.05) is 17.3 Å². The summed E-state index contributed by atoms with van der Waals surface area (Å²) in [7, 11) is 0. The Morgan fingerprint density at radius 1 is 1.10 bits per heavy atom. The molecule has 30 heavy (non-hydrogen) atoms. The molecule has 0 radical (unpaired) electrons. The van der Waals surface area contributed by atoms with E-state index in [0.717, 1.165) is 61.8 Å². The molecule has 1 aromatic carbocycles. The highest BCUT2D eigenvalue weighted by Crippen LogP contribution is 2.44. The van der Waals surface area contributed by atoms with Gasteiger partial charge in [0.25, 0.3) is 0 Å². The smallest absolute Gasteiger partial charge is 0.223 e. The molecule has 0 saturated carbocycles. The number of ether oxygens (including phenoxy) is 1. The quantitative estimate of drug-likeness (QED) is 0.657. The molecule has 2 aromatic heterocycles. The van der Waals surface area contributed by atoms with Gasteiger partial charge in [-0.25, -0.2) is 4.98 Å². The molecule has 2 bridgehead atoms. The number of aromatic nitrogens is 4. The van der Waals surface area contributed by atoms with Gasteiger partial charge in [0.15, 0.2) is 5.82 Å². The lowest BCUT2D eigenvalue weighted by molar-refractivity contribution is -0.112. The predicted octanol–water partition coefficient (Wildman–Crippen LogP) is 2.72. The number of rotatable bonds is 3. The molecule has 8 nitrogen and oxygen atoms in total. The fourth-order valence-corrected chi connectivity index (χ4v) is 5.61. The van der Waals surface area contributed by atoms with E-state index in [4.69, 9.17) is 14.2 Å². The number of anilines is 1. The average molecular weight is 406 g/mol. The van der Waals surface area contributed by atoms with Crippen LogP contribution in [-0.2, 0) is 11.3 Å². The summed E-state index contributed by atoms with van der Waals surface area (Å²) >= 11 is 0. The standard InChI is InChI=1S/C22H26N6O2/c1-15-24-20(26-30-15)13-28-16-6-7-17(28)11-22(10-16)14-27(8-9-29-22)21-12-23-18-4-2-3-5-19(18)25-21/h2-5,12,16-17H,6-11,13-14H2,1H3/t16-,17+,22?. The molecular formula is C22H26N6O2. The number of hydrogen-bond donors (Lipinski definition) is 0. The van der Waals surface area contributed by atoms with Gasteiger partial charge in [-0.05, 0) is 37.8 Å². The Balaban J connectivity index is 1.21. The molecule has 0 amide bonds. The van der Waals surface area contributed by atoms with Crippen molar-refractivity contribution in [2.24, 2.45) is 0 Å². The van der Waals surface area contributed by atoms with Crippen LogP contribution in [0.2, 0.25) is 0 Å². The Labute approximate surface area is 175 Å². The number of fused-ring (bicyclic) bond motifs is 3. The summed E-state index contributed by atoms with van der Waals surface area (Å²) in [6.07, 6.45) is 6.41. The predicted molar refractivity (Wildman–Crippen MR) is 111 cm³/mol. The SMILES string of the molecule is Cc1nc(CN2[C@@H]3CC[C@H]2CC2(C3)CN(c3cnc4ccccc4n3)CCO2)no1. The van der Waals surface area contributed by atoms with Crippen LogP contribution in [0.4, 0.5) is 5.82 Å². The molecule has 3 aliphatic heterocycles. The third kappa shape index (κ3) is 3.15. The summed E-state index contributed by atoms with van der Waals surface area (Å²) in [5.74, 6) is 2.37. The summed E-state index contributed by atoms with van der Waals surface area (Å²) in [5.41, 5.74) is 1.77. The summed E-state index contributed by atoms with van der Waals surface area (Å²) < 4.78 is 11.6. The van der Waals surface area contributed by atoms with Crippen LogP contribution in [0.15, 0.2) is 35.0 Å². The second kappa shape index (κ2) is 6.99. The zero-order valence-corrected chi connectivity index (χ0v) is 17.2. The number of hydrogen-bond acceptors (Lipinski definition) is 8. The lowest BCUT2D eigenvalue weighted by atomic mass is 9.84. The topological polar surface area (TPSA) is 80.4 Å². The molecule has 1 spiro atoms. The van der Waals surface area contributed by atoms with Gasteiger partial charge in [-0.15, -0.1) is 0 Å². The normalized spacial score (nSPS) is 29.2. The highest BCUT2D eigenvalue weighted by atomic mass is 16.5. The molecule has 3 atom stereocenters. The van der Waals surface area contributed by atoms with Crippen molar-refractivity contribution in [2.75, 3.05) is 24.6 Å². The lowest BCUT2D eigenvalue weighted by Gasteiger charge is -2.50. The molecule has 6 rings (SSSR count). The van der Waals surface area contributed by atoms with Gasteiger partial charge in [-0.2, -0.15) is 4.98 Å². The molecule has 3 aliphatic rings. The van der Waals surface area contributed by atoms with Crippen LogP contribution in [0.25, 0.3) is 11.0 Å². The first-order valence-corrected chi connectivity index (χ1v) is 10.8. The number of morpholine rings is 1. The lowest BCUT2D eigenvalue weighted by Crippen LogP contribution is -2.60. The van der Waals surface area contributed by atoms with Gasteiger partial charge in [0.1, 0.15) is 5.82 Å². The van der Waals surface area contributed by atoms with E-state index >= 15 is 0 Å². The minimum absolute atomic E-state index is 0.110. The minimum Gasteiger partial charge on any atom is -0.371 e. The summed E-state index contributed by atoms with van der Waals surface area (Å²) in [4.78, 5) is 18.8. The second-order valence-electron chi connectivity index (χ2n) is 8.87. The second-order valence-corrected chi connectivity index (χ2v) is 8.87. The van der Waals surface area contributed by atoms with Crippen LogP contribution in [-0.4, -0.2) is 62.4 Å². The third-order valence-corrected chi connectivity index (χ3v) is 6.89. The van der Waals surface area contributed by atoms with E-state index in [0.29, 0.717) is 18.0 Å². The van der Waals surface area contributed by atoms with Gasteiger partial charge >= 0.3 is 0 Å². The van der Waals surface area contributed by atoms with E-state index in [1.807, 2.05) is 37.4 Å². The van der Waals surface area contributed by atoms with Crippen molar-refractivity contribution in [1.29, 1.82) is 0 Å². The maximum absolute atomic E-state index is 6.46. The van der Waals surface area contributed by atoms with Gasteiger partial charge in [0.2, 0.25) is 5.89 Å². The molecule has 3 aromatic rings. The summed E-state index contributed by atoms with van der Waals surface area (Å²) in [6.45, 7) is 5.08. The first-order chi connectivity index (χ1) is 14.7. The van der Waals surface area contributed by atoms with Crippen LogP contribution >= 0.6 is 0 Å². The fourth-order valence-electron chi connectivity index (χ4n) is 5.61. The Bertz CT molecular complexity index is 1050. The zero-order chi connectivity index (χ0) is 20.1. The van der Waals surface area contributed by atoms with Crippen molar-refractivity contribution < 1.29 is 9.26 Å². The highest BCUT2D eigenvalue weighted by Gasteiger charge is 2.51. The van der Waals surface area contributed by atoms with Crippen molar-refractivity contribution in [1.82, 2.24) is 25.0 Å². The Morgan fingerprint density at radius 3 is 2.67 bits per heavy atom. The van der Waals surface area contributed by atoms with E-state index in [-0.39, 0.29) is 5.60 Å². The summed E-state index contributed by atoms with van der Waals surface area (Å²) in [5, 5.41) is 4.10. The monoisotopic (exact) mass is 406 g/mol. The number of nitrogens with zero attached hydrogens (tertiary/aromatic N) is 6. The maximum Gasteiger partial charge on any atom is 0.223 e. The molecule has 5 heterocycles. The van der Waals surface area contributed by atoms with Gasteiger partial charge in [-0.3, -0.25) is 9.88 Å². The van der Waals surface area contributed by atoms with Crippen LogP contribution in [0.3, 0.4) is 0 Å². The van der Waals surface area contributed by atoms with Crippen molar-refractivity contribution in [3.63, 3.8) is 0 Å². The number of benzene rings is 1. The van der Waals surface area contributed by atoms with Crippen LogP contribution in [0.1, 0.15) is 37.4 Å². The van der Waals surface area contributed by atoms with Crippen molar-refractivity contribution in [3.05, 3.63) is 42.2 Å². The number of para-hydroxylation sites is 2. The maximum atomic E-state index is 6.46. The Hall–Kier alpha value is -2.58. The van der Waals surface area contributed by atoms with Crippen LogP contribution in [0.5, 0.6) is 0 Å². The summed E-state index contributed by atoms with van der Waals surface area (Å²) in [6, 6.07) is 9.06. The highest BCUT2D eigenvalue weighted by molar-refractivity contribution is 5.75. The van der Waals surface area contributed by atoms with Crippen molar-refractivity contribution in [2.45, 2.75) is 56.8 Å². The molecule has 3 saturated heterocycles. The van der Waals surface area contributed by atoms with Crippen LogP contribution in [0, 0.1) is 6.92 Å². The molecule has 1 unspecified atom stereocenters. The number of piperidine rings is 1. The molecule has 156 valence electrons. The average Bonchev–Trinajstić information content (AvgIpc) is 3.28. The van der Waals surface area contributed by atoms with E-state index in [1.54, 1.807) is 0 Å². The fraction of sp³-hybridized carbons (Fsp3) is 0.545. The Kier molecular flexibility index (Phi) is 4.24. The van der Waals surface area contributed by atoms with Gasteiger partial charge in [0.05, 0.1) is 36.0 Å². The first kappa shape index (κ1) is 18.2. The Morgan fingerprint density at radius 2 is 1.90 bits per heavy atom. The molecule has 3 fully saturated rings. The van der Waals surface area contributed by atoms with Gasteiger partial charge in [0, 0.05) is 32.1 Å². The van der Waals surface area contributed by atoms with E-state index in [2.05, 4.69) is 24.9 Å². The minimum atomic E-state index is -0.110. The third-order valence-electron chi connectivity index (χ3n) is 6.89. The number of aryl methyl sites for hydroxylation is 1. The zero-order valence-electron chi connectivity index (χ0n) is 17.2. The first-order valence-electron chi connectivity index (χ1n) is 10.8. The molecule has 8 heteroatoms. The van der Waals surface area contributed by atoms with Crippen molar-refractivity contribution >= 4 is 16.9 Å². The molecule has 0 N–H and O–H groups in total.